The molecule has 1 fully saturated rings. The molecule has 1 atom stereocenters. The molecule has 104 valence electrons. The van der Waals surface area contributed by atoms with Gasteiger partial charge in [-0.2, -0.15) is 0 Å². The molecule has 1 saturated heterocycles. The second-order valence-corrected chi connectivity index (χ2v) is 5.61. The van der Waals surface area contributed by atoms with Gasteiger partial charge in [-0.15, -0.1) is 0 Å². The molecule has 1 aromatic rings. The Morgan fingerprint density at radius 1 is 1.32 bits per heavy atom. The summed E-state index contributed by atoms with van der Waals surface area (Å²) in [6.45, 7) is 3.80. The number of rotatable bonds is 2. The summed E-state index contributed by atoms with van der Waals surface area (Å²) in [7, 11) is 1.86. The van der Waals surface area contributed by atoms with Gasteiger partial charge in [-0.25, -0.2) is 4.79 Å². The monoisotopic (exact) mass is 280 g/mol. The summed E-state index contributed by atoms with van der Waals surface area (Å²) in [6.07, 6.45) is 3.47. The zero-order valence-electron chi connectivity index (χ0n) is 11.6. The van der Waals surface area contributed by atoms with E-state index in [9.17, 15) is 4.79 Å². The zero-order chi connectivity index (χ0) is 13.8. The summed E-state index contributed by atoms with van der Waals surface area (Å²) in [5.74, 6) is 0. The van der Waals surface area contributed by atoms with E-state index in [1.165, 1.54) is 6.42 Å². The van der Waals surface area contributed by atoms with E-state index in [0.717, 1.165) is 31.5 Å². The molecular formula is C15H21ClN2O. The Morgan fingerprint density at radius 3 is 2.63 bits per heavy atom. The maximum absolute atomic E-state index is 12.4. The zero-order valence-corrected chi connectivity index (χ0v) is 12.4. The second kappa shape index (κ2) is 6.29. The Balaban J connectivity index is 2.05. The lowest BCUT2D eigenvalue weighted by Gasteiger charge is -2.34. The van der Waals surface area contributed by atoms with E-state index < -0.39 is 0 Å². The topological polar surface area (TPSA) is 23.6 Å². The van der Waals surface area contributed by atoms with Crippen LogP contribution in [0.3, 0.4) is 0 Å². The Morgan fingerprint density at radius 2 is 2.00 bits per heavy atom. The first-order valence-electron chi connectivity index (χ1n) is 6.87. The van der Waals surface area contributed by atoms with Crippen LogP contribution in [0.2, 0.25) is 5.02 Å². The van der Waals surface area contributed by atoms with Crippen molar-refractivity contribution in [1.82, 2.24) is 9.80 Å². The molecule has 0 bridgehead atoms. The molecule has 0 spiro atoms. The van der Waals surface area contributed by atoms with Crippen molar-refractivity contribution in [2.24, 2.45) is 0 Å². The second-order valence-electron chi connectivity index (χ2n) is 5.17. The average Bonchev–Trinajstić information content (AvgIpc) is 2.46. The van der Waals surface area contributed by atoms with Crippen LogP contribution in [0, 0.1) is 0 Å². The van der Waals surface area contributed by atoms with Crippen molar-refractivity contribution in [2.75, 3.05) is 20.1 Å². The number of benzene rings is 1. The van der Waals surface area contributed by atoms with Gasteiger partial charge in [0, 0.05) is 25.2 Å². The quantitative estimate of drug-likeness (QED) is 0.805. The van der Waals surface area contributed by atoms with Gasteiger partial charge in [0.15, 0.2) is 0 Å². The van der Waals surface area contributed by atoms with Gasteiger partial charge in [-0.3, -0.25) is 0 Å². The molecule has 0 aliphatic carbocycles. The lowest BCUT2D eigenvalue weighted by atomic mass is 10.1. The van der Waals surface area contributed by atoms with E-state index >= 15 is 0 Å². The molecule has 0 saturated carbocycles. The molecule has 2 rings (SSSR count). The number of halogens is 1. The lowest BCUT2D eigenvalue weighted by molar-refractivity contribution is 0.140. The highest BCUT2D eigenvalue weighted by molar-refractivity contribution is 6.30. The number of hydrogen-bond acceptors (Lipinski definition) is 1. The molecule has 2 amide bonds. The summed E-state index contributed by atoms with van der Waals surface area (Å²) < 4.78 is 0. The molecule has 1 aromatic carbocycles. The summed E-state index contributed by atoms with van der Waals surface area (Å²) in [5, 5.41) is 0.711. The average molecular weight is 281 g/mol. The van der Waals surface area contributed by atoms with E-state index in [-0.39, 0.29) is 12.1 Å². The first-order valence-corrected chi connectivity index (χ1v) is 7.24. The molecule has 0 aromatic heterocycles. The maximum Gasteiger partial charge on any atom is 0.320 e. The van der Waals surface area contributed by atoms with Gasteiger partial charge in [0.05, 0.1) is 6.04 Å². The standard InChI is InChI=1S/C15H21ClN2O/c1-12(13-7-6-8-14(16)11-13)17(2)15(19)18-9-4-3-5-10-18/h6-8,11-12H,3-5,9-10H2,1-2H3. The van der Waals surface area contributed by atoms with Crippen molar-refractivity contribution in [3.05, 3.63) is 34.9 Å². The van der Waals surface area contributed by atoms with Crippen LogP contribution in [0.15, 0.2) is 24.3 Å². The van der Waals surface area contributed by atoms with Crippen LogP contribution < -0.4 is 0 Å². The first kappa shape index (κ1) is 14.2. The number of urea groups is 1. The van der Waals surface area contributed by atoms with Gasteiger partial charge < -0.3 is 9.80 Å². The summed E-state index contributed by atoms with van der Waals surface area (Å²) in [5.41, 5.74) is 1.07. The van der Waals surface area contributed by atoms with E-state index in [2.05, 4.69) is 0 Å². The van der Waals surface area contributed by atoms with Crippen molar-refractivity contribution in [2.45, 2.75) is 32.2 Å². The molecule has 1 aliphatic rings. The van der Waals surface area contributed by atoms with Crippen LogP contribution in [0.25, 0.3) is 0 Å². The first-order chi connectivity index (χ1) is 9.09. The van der Waals surface area contributed by atoms with Crippen LogP contribution >= 0.6 is 11.6 Å². The Kier molecular flexibility index (Phi) is 4.70. The minimum absolute atomic E-state index is 0.0353. The Hall–Kier alpha value is -1.22. The molecule has 4 heteroatoms. The largest absolute Gasteiger partial charge is 0.325 e. The molecular weight excluding hydrogens is 260 g/mol. The number of nitrogens with zero attached hydrogens (tertiary/aromatic N) is 2. The highest BCUT2D eigenvalue weighted by Gasteiger charge is 2.24. The number of amides is 2. The number of hydrogen-bond donors (Lipinski definition) is 0. The number of carbonyl (C=O) groups excluding carboxylic acids is 1. The van der Waals surface area contributed by atoms with Crippen molar-refractivity contribution in [3.8, 4) is 0 Å². The van der Waals surface area contributed by atoms with Crippen LogP contribution in [0.5, 0.6) is 0 Å². The minimum Gasteiger partial charge on any atom is -0.325 e. The number of carbonyl (C=O) groups is 1. The van der Waals surface area contributed by atoms with Gasteiger partial charge in [0.1, 0.15) is 0 Å². The van der Waals surface area contributed by atoms with Crippen LogP contribution in [-0.2, 0) is 0 Å². The van der Waals surface area contributed by atoms with Crippen molar-refractivity contribution in [3.63, 3.8) is 0 Å². The van der Waals surface area contributed by atoms with Crippen LogP contribution in [0.4, 0.5) is 4.79 Å². The molecule has 0 radical (unpaired) electrons. The van der Waals surface area contributed by atoms with Crippen molar-refractivity contribution < 1.29 is 4.79 Å². The maximum atomic E-state index is 12.4. The smallest absolute Gasteiger partial charge is 0.320 e. The summed E-state index contributed by atoms with van der Waals surface area (Å²) in [6, 6.07) is 7.86. The third kappa shape index (κ3) is 3.41. The van der Waals surface area contributed by atoms with E-state index in [0.29, 0.717) is 5.02 Å². The normalized spacial score (nSPS) is 17.1. The van der Waals surface area contributed by atoms with E-state index in [1.54, 1.807) is 4.90 Å². The number of piperidine rings is 1. The molecule has 1 aliphatic heterocycles. The molecule has 19 heavy (non-hydrogen) atoms. The van der Waals surface area contributed by atoms with Crippen molar-refractivity contribution in [1.29, 1.82) is 0 Å². The highest BCUT2D eigenvalue weighted by Crippen LogP contribution is 2.23. The minimum atomic E-state index is 0.0353. The van der Waals surface area contributed by atoms with Crippen LogP contribution in [-0.4, -0.2) is 36.0 Å². The van der Waals surface area contributed by atoms with Crippen LogP contribution in [0.1, 0.15) is 37.8 Å². The van der Waals surface area contributed by atoms with Gasteiger partial charge in [-0.1, -0.05) is 23.7 Å². The van der Waals surface area contributed by atoms with E-state index in [1.807, 2.05) is 43.1 Å². The third-order valence-corrected chi connectivity index (χ3v) is 4.08. The van der Waals surface area contributed by atoms with E-state index in [4.69, 9.17) is 11.6 Å². The van der Waals surface area contributed by atoms with Crippen molar-refractivity contribution >= 4 is 17.6 Å². The van der Waals surface area contributed by atoms with Gasteiger partial charge >= 0.3 is 6.03 Å². The predicted molar refractivity (Wildman–Crippen MR) is 78.5 cm³/mol. The Bertz CT molecular complexity index is 444. The fourth-order valence-corrected chi connectivity index (χ4v) is 2.66. The fraction of sp³-hybridized carbons (Fsp3) is 0.533. The lowest BCUT2D eigenvalue weighted by Crippen LogP contribution is -2.44. The molecule has 1 heterocycles. The molecule has 1 unspecified atom stereocenters. The predicted octanol–water partition coefficient (Wildman–Crippen LogP) is 3.94. The number of likely N-dealkylation sites (tertiary alicyclic amines) is 1. The third-order valence-electron chi connectivity index (χ3n) is 3.84. The fourth-order valence-electron chi connectivity index (χ4n) is 2.46. The molecule has 0 N–H and O–H groups in total. The molecule has 3 nitrogen and oxygen atoms in total. The summed E-state index contributed by atoms with van der Waals surface area (Å²) >= 11 is 6.01. The van der Waals surface area contributed by atoms with Gasteiger partial charge in [-0.05, 0) is 43.9 Å². The Labute approximate surface area is 120 Å². The SMILES string of the molecule is CC(c1cccc(Cl)c1)N(C)C(=O)N1CCCCC1. The highest BCUT2D eigenvalue weighted by atomic mass is 35.5. The summed E-state index contributed by atoms with van der Waals surface area (Å²) in [4.78, 5) is 16.2. The van der Waals surface area contributed by atoms with Gasteiger partial charge in [0.25, 0.3) is 0 Å². The van der Waals surface area contributed by atoms with Gasteiger partial charge in [0.2, 0.25) is 0 Å².